The highest BCUT2D eigenvalue weighted by atomic mass is 19.1. The molecular weight excluding hydrogens is 155 g/mol. The number of hydrogen-bond acceptors (Lipinski definition) is 2. The Morgan fingerprint density at radius 3 is 2.75 bits per heavy atom. The summed E-state index contributed by atoms with van der Waals surface area (Å²) < 4.78 is 13.1. The number of nitrogen functional groups attached to an aromatic ring is 1. The summed E-state index contributed by atoms with van der Waals surface area (Å²) >= 11 is 0. The predicted octanol–water partition coefficient (Wildman–Crippen LogP) is 1.82. The van der Waals surface area contributed by atoms with Crippen molar-refractivity contribution in [3.8, 4) is 0 Å². The molecule has 0 fully saturated rings. The molecule has 4 N–H and O–H groups in total. The van der Waals surface area contributed by atoms with Crippen LogP contribution in [0, 0.1) is 5.82 Å². The minimum absolute atomic E-state index is 0.256. The summed E-state index contributed by atoms with van der Waals surface area (Å²) in [5.74, 6) is -0.279. The van der Waals surface area contributed by atoms with Gasteiger partial charge >= 0.3 is 0 Å². The van der Waals surface area contributed by atoms with Crippen LogP contribution in [0.5, 0.6) is 0 Å². The lowest BCUT2D eigenvalue weighted by Gasteiger charge is -2.10. The predicted molar refractivity (Wildman–Crippen MR) is 48.0 cm³/mol. The number of nitrogens with two attached hydrogens (primary N) is 2. The van der Waals surface area contributed by atoms with Gasteiger partial charge in [-0.2, -0.15) is 0 Å². The fraction of sp³-hybridized carbons (Fsp3) is 0.333. The molecule has 12 heavy (non-hydrogen) atoms. The Morgan fingerprint density at radius 2 is 2.17 bits per heavy atom. The standard InChI is InChI=1S/C9H13FN2/c1-2-9(12)7-5-6(11)3-4-8(7)10/h3-5,9H,2,11-12H2,1H3. The maximum atomic E-state index is 13.1. The summed E-state index contributed by atoms with van der Waals surface area (Å²) in [6.45, 7) is 1.91. The first-order valence-electron chi connectivity index (χ1n) is 3.95. The van der Waals surface area contributed by atoms with Gasteiger partial charge in [-0.05, 0) is 24.6 Å². The molecule has 0 saturated carbocycles. The van der Waals surface area contributed by atoms with Crippen molar-refractivity contribution in [1.82, 2.24) is 0 Å². The lowest BCUT2D eigenvalue weighted by atomic mass is 10.0. The van der Waals surface area contributed by atoms with Crippen LogP contribution in [0.3, 0.4) is 0 Å². The van der Waals surface area contributed by atoms with Crippen LogP contribution in [-0.2, 0) is 0 Å². The smallest absolute Gasteiger partial charge is 0.128 e. The van der Waals surface area contributed by atoms with Crippen LogP contribution in [-0.4, -0.2) is 0 Å². The highest BCUT2D eigenvalue weighted by Gasteiger charge is 2.08. The van der Waals surface area contributed by atoms with Gasteiger partial charge in [-0.25, -0.2) is 4.39 Å². The van der Waals surface area contributed by atoms with Gasteiger partial charge in [-0.3, -0.25) is 0 Å². The van der Waals surface area contributed by atoms with Gasteiger partial charge in [0.2, 0.25) is 0 Å². The van der Waals surface area contributed by atoms with E-state index in [1.54, 1.807) is 6.07 Å². The third kappa shape index (κ3) is 1.74. The van der Waals surface area contributed by atoms with Crippen molar-refractivity contribution < 1.29 is 4.39 Å². The second-order valence-electron chi connectivity index (χ2n) is 2.80. The van der Waals surface area contributed by atoms with E-state index < -0.39 is 0 Å². The molecule has 0 spiro atoms. The fourth-order valence-electron chi connectivity index (χ4n) is 1.07. The molecule has 1 aromatic carbocycles. The Bertz CT molecular complexity index is 273. The lowest BCUT2D eigenvalue weighted by molar-refractivity contribution is 0.576. The Labute approximate surface area is 71.4 Å². The summed E-state index contributed by atoms with van der Waals surface area (Å²) in [4.78, 5) is 0. The van der Waals surface area contributed by atoms with Crippen molar-refractivity contribution in [3.63, 3.8) is 0 Å². The monoisotopic (exact) mass is 168 g/mol. The van der Waals surface area contributed by atoms with E-state index in [2.05, 4.69) is 0 Å². The molecular formula is C9H13FN2. The third-order valence-corrected chi connectivity index (χ3v) is 1.86. The molecule has 1 rings (SSSR count). The zero-order valence-corrected chi connectivity index (χ0v) is 7.05. The van der Waals surface area contributed by atoms with Crippen LogP contribution < -0.4 is 11.5 Å². The van der Waals surface area contributed by atoms with Crippen LogP contribution in [0.1, 0.15) is 24.9 Å². The van der Waals surface area contributed by atoms with Crippen LogP contribution in [0.2, 0.25) is 0 Å². The molecule has 66 valence electrons. The Morgan fingerprint density at radius 1 is 1.50 bits per heavy atom. The van der Waals surface area contributed by atoms with E-state index >= 15 is 0 Å². The second kappa shape index (κ2) is 3.54. The quantitative estimate of drug-likeness (QED) is 0.662. The molecule has 1 unspecified atom stereocenters. The molecule has 0 aliphatic rings. The van der Waals surface area contributed by atoms with Crippen molar-refractivity contribution in [2.45, 2.75) is 19.4 Å². The minimum atomic E-state index is -0.279. The molecule has 3 heteroatoms. The highest BCUT2D eigenvalue weighted by Crippen LogP contribution is 2.19. The minimum Gasteiger partial charge on any atom is -0.399 e. The van der Waals surface area contributed by atoms with Crippen molar-refractivity contribution >= 4 is 5.69 Å². The summed E-state index contributed by atoms with van der Waals surface area (Å²) in [5.41, 5.74) is 12.2. The largest absolute Gasteiger partial charge is 0.399 e. The number of benzene rings is 1. The summed E-state index contributed by atoms with van der Waals surface area (Å²) in [5, 5.41) is 0. The first kappa shape index (κ1) is 9.00. The van der Waals surface area contributed by atoms with E-state index in [0.717, 1.165) is 0 Å². The van der Waals surface area contributed by atoms with E-state index in [4.69, 9.17) is 11.5 Å². The van der Waals surface area contributed by atoms with E-state index in [9.17, 15) is 4.39 Å². The van der Waals surface area contributed by atoms with E-state index in [0.29, 0.717) is 17.7 Å². The van der Waals surface area contributed by atoms with Crippen LogP contribution >= 0.6 is 0 Å². The van der Waals surface area contributed by atoms with Crippen molar-refractivity contribution in [2.24, 2.45) is 5.73 Å². The first-order valence-corrected chi connectivity index (χ1v) is 3.95. The van der Waals surface area contributed by atoms with Crippen molar-refractivity contribution in [2.75, 3.05) is 5.73 Å². The van der Waals surface area contributed by atoms with Crippen molar-refractivity contribution in [3.05, 3.63) is 29.6 Å². The van der Waals surface area contributed by atoms with Gasteiger partial charge in [0.25, 0.3) is 0 Å². The topological polar surface area (TPSA) is 52.0 Å². The van der Waals surface area contributed by atoms with Gasteiger partial charge in [-0.15, -0.1) is 0 Å². The molecule has 1 aromatic rings. The van der Waals surface area contributed by atoms with Crippen LogP contribution in [0.4, 0.5) is 10.1 Å². The van der Waals surface area contributed by atoms with E-state index in [1.807, 2.05) is 6.92 Å². The number of anilines is 1. The molecule has 0 aliphatic heterocycles. The first-order chi connectivity index (χ1) is 5.65. The average Bonchev–Trinajstić information content (AvgIpc) is 2.08. The van der Waals surface area contributed by atoms with E-state index in [1.165, 1.54) is 12.1 Å². The second-order valence-corrected chi connectivity index (χ2v) is 2.80. The SMILES string of the molecule is CCC(N)c1cc(N)ccc1F. The number of hydrogen-bond donors (Lipinski definition) is 2. The Balaban J connectivity index is 3.04. The third-order valence-electron chi connectivity index (χ3n) is 1.86. The van der Waals surface area contributed by atoms with Crippen LogP contribution in [0.25, 0.3) is 0 Å². The normalized spacial score (nSPS) is 12.9. The molecule has 0 bridgehead atoms. The molecule has 0 aromatic heterocycles. The van der Waals surface area contributed by atoms with Gasteiger partial charge in [0.15, 0.2) is 0 Å². The number of rotatable bonds is 2. The highest BCUT2D eigenvalue weighted by molar-refractivity contribution is 5.42. The van der Waals surface area contributed by atoms with Crippen molar-refractivity contribution in [1.29, 1.82) is 0 Å². The summed E-state index contributed by atoms with van der Waals surface area (Å²) in [7, 11) is 0. The lowest BCUT2D eigenvalue weighted by Crippen LogP contribution is -2.11. The van der Waals surface area contributed by atoms with Gasteiger partial charge in [-0.1, -0.05) is 6.92 Å². The molecule has 0 amide bonds. The maximum Gasteiger partial charge on any atom is 0.128 e. The van der Waals surface area contributed by atoms with Crippen LogP contribution in [0.15, 0.2) is 18.2 Å². The molecule has 0 radical (unpaired) electrons. The van der Waals surface area contributed by atoms with Gasteiger partial charge in [0.05, 0.1) is 0 Å². The zero-order chi connectivity index (χ0) is 9.14. The average molecular weight is 168 g/mol. The number of halogens is 1. The molecule has 0 heterocycles. The summed E-state index contributed by atoms with van der Waals surface area (Å²) in [6.07, 6.45) is 0.709. The zero-order valence-electron chi connectivity index (χ0n) is 7.05. The summed E-state index contributed by atoms with van der Waals surface area (Å²) in [6, 6.07) is 4.21. The van der Waals surface area contributed by atoms with Gasteiger partial charge in [0, 0.05) is 17.3 Å². The van der Waals surface area contributed by atoms with E-state index in [-0.39, 0.29) is 11.9 Å². The van der Waals surface area contributed by atoms with Gasteiger partial charge in [0.1, 0.15) is 5.82 Å². The molecule has 0 saturated heterocycles. The molecule has 2 nitrogen and oxygen atoms in total. The maximum absolute atomic E-state index is 13.1. The Hall–Kier alpha value is -1.09. The molecule has 1 atom stereocenters. The Kier molecular flexibility index (Phi) is 2.65. The van der Waals surface area contributed by atoms with Gasteiger partial charge < -0.3 is 11.5 Å². The molecule has 0 aliphatic carbocycles. The fourth-order valence-corrected chi connectivity index (χ4v) is 1.07.